The van der Waals surface area contributed by atoms with E-state index in [1.54, 1.807) is 12.1 Å². The second kappa shape index (κ2) is 10.8. The highest BCUT2D eigenvalue weighted by molar-refractivity contribution is 5.90. The first kappa shape index (κ1) is 25.6. The summed E-state index contributed by atoms with van der Waals surface area (Å²) in [6, 6.07) is 10.7. The van der Waals surface area contributed by atoms with Crippen molar-refractivity contribution in [3.8, 4) is 11.5 Å². The summed E-state index contributed by atoms with van der Waals surface area (Å²) in [5, 5.41) is 14.3. The van der Waals surface area contributed by atoms with Crippen molar-refractivity contribution < 1.29 is 4.39 Å². The molecule has 0 saturated heterocycles. The second-order valence-electron chi connectivity index (χ2n) is 10.2. The molecule has 1 aliphatic heterocycles. The van der Waals surface area contributed by atoms with Crippen molar-refractivity contribution in [3.05, 3.63) is 114 Å². The maximum absolute atomic E-state index is 14.6. The van der Waals surface area contributed by atoms with E-state index in [2.05, 4.69) is 39.0 Å². The van der Waals surface area contributed by atoms with E-state index in [9.17, 15) is 4.39 Å². The average molecular weight is 534 g/mol. The number of halogens is 1. The molecule has 0 bridgehead atoms. The Kier molecular flexibility index (Phi) is 6.90. The fraction of sp³-hybridized carbons (Fsp3) is 0.219. The molecule has 8 heteroatoms. The van der Waals surface area contributed by atoms with Gasteiger partial charge in [-0.15, -0.1) is 0 Å². The Morgan fingerprint density at radius 3 is 2.70 bits per heavy atom. The van der Waals surface area contributed by atoms with Gasteiger partial charge >= 0.3 is 0 Å². The lowest BCUT2D eigenvalue weighted by molar-refractivity contribution is 0.607. The second-order valence-corrected chi connectivity index (χ2v) is 10.2. The molecule has 7 nitrogen and oxygen atoms in total. The molecule has 0 unspecified atom stereocenters. The van der Waals surface area contributed by atoms with Crippen LogP contribution in [0.1, 0.15) is 55.3 Å². The van der Waals surface area contributed by atoms with Gasteiger partial charge in [-0.05, 0) is 61.6 Å². The predicted molar refractivity (Wildman–Crippen MR) is 158 cm³/mol. The number of nitrogens with one attached hydrogen (secondary N) is 4. The molecule has 202 valence electrons. The van der Waals surface area contributed by atoms with Crippen LogP contribution in [-0.2, 0) is 6.54 Å². The highest BCUT2D eigenvalue weighted by atomic mass is 19.1. The predicted octanol–water partition coefficient (Wildman–Crippen LogP) is 6.75. The van der Waals surface area contributed by atoms with Gasteiger partial charge in [0, 0.05) is 28.7 Å². The van der Waals surface area contributed by atoms with Crippen LogP contribution in [0.25, 0.3) is 33.7 Å². The molecule has 1 fully saturated rings. The molecule has 4 heterocycles. The summed E-state index contributed by atoms with van der Waals surface area (Å²) in [7, 11) is 0. The number of allylic oxidation sites excluding steroid dienone is 5. The van der Waals surface area contributed by atoms with Crippen LogP contribution in [-0.4, -0.2) is 25.1 Å². The molecule has 1 aromatic carbocycles. The molecule has 0 spiro atoms. The molecule has 1 saturated carbocycles. The van der Waals surface area contributed by atoms with Crippen molar-refractivity contribution in [1.82, 2.24) is 35.8 Å². The maximum atomic E-state index is 14.6. The highest BCUT2D eigenvalue weighted by Gasteiger charge is 2.24. The van der Waals surface area contributed by atoms with Gasteiger partial charge in [0.1, 0.15) is 11.3 Å². The van der Waals surface area contributed by atoms with Crippen molar-refractivity contribution in [2.45, 2.75) is 39.2 Å². The number of benzene rings is 1. The molecule has 0 radical (unpaired) electrons. The fourth-order valence-corrected chi connectivity index (χ4v) is 5.49. The fourth-order valence-electron chi connectivity index (χ4n) is 5.49. The number of nitrogens with zero attached hydrogens (tertiary/aromatic N) is 3. The Hall–Kier alpha value is -4.72. The van der Waals surface area contributed by atoms with Crippen molar-refractivity contribution >= 4 is 22.2 Å². The number of rotatable bonds is 8. The van der Waals surface area contributed by atoms with Crippen LogP contribution in [0.15, 0.2) is 85.4 Å². The molecular weight excluding hydrogens is 501 g/mol. The Morgan fingerprint density at radius 1 is 1.10 bits per heavy atom. The summed E-state index contributed by atoms with van der Waals surface area (Å²) in [5.74, 6) is 0.783. The molecule has 0 amide bonds. The number of fused-ring (bicyclic) bond motifs is 2. The van der Waals surface area contributed by atoms with Gasteiger partial charge in [-0.1, -0.05) is 50.3 Å². The first-order valence-electron chi connectivity index (χ1n) is 13.7. The largest absolute Gasteiger partial charge is 0.385 e. The molecule has 0 atom stereocenters. The number of hydrogen-bond acceptors (Lipinski definition) is 5. The van der Waals surface area contributed by atoms with E-state index in [0.29, 0.717) is 46.3 Å². The number of H-pyrrole nitrogens is 2. The lowest BCUT2D eigenvalue weighted by Crippen LogP contribution is -2.16. The number of hydrogen-bond donors (Lipinski definition) is 4. The third kappa shape index (κ3) is 4.77. The monoisotopic (exact) mass is 533 g/mol. The Bertz CT molecular complexity index is 1700. The normalized spacial score (nSPS) is 16.0. The number of imidazole rings is 1. The minimum atomic E-state index is -0.295. The number of pyridine rings is 1. The van der Waals surface area contributed by atoms with Gasteiger partial charge in [0.2, 0.25) is 0 Å². The zero-order valence-electron chi connectivity index (χ0n) is 22.5. The lowest BCUT2D eigenvalue weighted by Gasteiger charge is -2.16. The number of aromatic nitrogens is 5. The summed E-state index contributed by atoms with van der Waals surface area (Å²) in [4.78, 5) is 13.2. The quantitative estimate of drug-likeness (QED) is 0.188. The zero-order valence-corrected chi connectivity index (χ0v) is 22.5. The van der Waals surface area contributed by atoms with Gasteiger partial charge in [-0.25, -0.2) is 14.4 Å². The van der Waals surface area contributed by atoms with Crippen LogP contribution < -0.4 is 10.6 Å². The van der Waals surface area contributed by atoms with Crippen molar-refractivity contribution in [3.63, 3.8) is 0 Å². The number of aromatic amines is 2. The Balaban J connectivity index is 1.33. The molecule has 4 aromatic rings. The molecule has 2 aliphatic rings. The van der Waals surface area contributed by atoms with E-state index in [1.165, 1.54) is 31.7 Å². The van der Waals surface area contributed by atoms with Crippen molar-refractivity contribution in [2.24, 2.45) is 5.92 Å². The van der Waals surface area contributed by atoms with Crippen LogP contribution in [0.3, 0.4) is 0 Å². The first-order chi connectivity index (χ1) is 19.6. The van der Waals surface area contributed by atoms with Crippen LogP contribution in [0.4, 0.5) is 4.39 Å². The third-order valence-corrected chi connectivity index (χ3v) is 7.65. The molecule has 40 heavy (non-hydrogen) atoms. The van der Waals surface area contributed by atoms with Crippen molar-refractivity contribution in [2.75, 3.05) is 0 Å². The summed E-state index contributed by atoms with van der Waals surface area (Å²) >= 11 is 0. The van der Waals surface area contributed by atoms with E-state index in [-0.39, 0.29) is 5.82 Å². The molecule has 6 rings (SSSR count). The van der Waals surface area contributed by atoms with Gasteiger partial charge in [0.05, 0.1) is 29.1 Å². The summed E-state index contributed by atoms with van der Waals surface area (Å²) < 4.78 is 14.6. The van der Waals surface area contributed by atoms with Crippen LogP contribution in [0.5, 0.6) is 0 Å². The van der Waals surface area contributed by atoms with E-state index in [0.717, 1.165) is 33.9 Å². The first-order valence-corrected chi connectivity index (χ1v) is 13.7. The van der Waals surface area contributed by atoms with Gasteiger partial charge in [0.15, 0.2) is 11.5 Å². The van der Waals surface area contributed by atoms with Crippen LogP contribution in [0.2, 0.25) is 0 Å². The minimum Gasteiger partial charge on any atom is -0.385 e. The molecule has 3 aromatic heterocycles. The average Bonchev–Trinajstić information content (AvgIpc) is 3.74. The van der Waals surface area contributed by atoms with Gasteiger partial charge < -0.3 is 15.6 Å². The van der Waals surface area contributed by atoms with Crippen LogP contribution in [0, 0.1) is 11.7 Å². The summed E-state index contributed by atoms with van der Waals surface area (Å²) in [6.07, 6.45) is 12.6. The SMILES string of the molecule is C=C/C(=C\C(=C/C)c1ccc2[nH]nc(-c3nc4c([nH]3)CNC=C4c3ccccc3F)c2n1)NC(=C)C1CCCC1. The molecule has 1 aliphatic carbocycles. The van der Waals surface area contributed by atoms with Crippen molar-refractivity contribution in [1.29, 1.82) is 0 Å². The Morgan fingerprint density at radius 2 is 1.93 bits per heavy atom. The third-order valence-electron chi connectivity index (χ3n) is 7.65. The maximum Gasteiger partial charge on any atom is 0.161 e. The smallest absolute Gasteiger partial charge is 0.161 e. The van der Waals surface area contributed by atoms with E-state index in [1.807, 2.05) is 49.6 Å². The molecule has 4 N–H and O–H groups in total. The highest BCUT2D eigenvalue weighted by Crippen LogP contribution is 2.33. The standard InChI is InChI=1S/C32H32FN7/c1-4-20(16-22(5-2)35-19(3)21-10-6-7-11-21)26-14-15-27-30(36-26)31(40-39-27)32-37-28-18-34-17-24(29(28)38-32)23-12-8-9-13-25(23)33/h4-5,8-9,12-17,21,34-35H,2-3,6-7,10-11,18H2,1H3,(H,37,38)(H,39,40)/b20-4+,22-16+. The van der Waals surface area contributed by atoms with Gasteiger partial charge in [-0.3, -0.25) is 5.10 Å². The van der Waals surface area contributed by atoms with Crippen LogP contribution >= 0.6 is 0 Å². The van der Waals surface area contributed by atoms with E-state index < -0.39 is 0 Å². The minimum absolute atomic E-state index is 0.295. The molecular formula is C32H32FN7. The van der Waals surface area contributed by atoms with E-state index in [4.69, 9.17) is 9.97 Å². The zero-order chi connectivity index (χ0) is 27.6. The van der Waals surface area contributed by atoms with E-state index >= 15 is 0 Å². The lowest BCUT2D eigenvalue weighted by atomic mass is 10.00. The van der Waals surface area contributed by atoms with Gasteiger partial charge in [-0.2, -0.15) is 5.10 Å². The topological polar surface area (TPSA) is 94.3 Å². The summed E-state index contributed by atoms with van der Waals surface area (Å²) in [5.41, 5.74) is 8.54. The van der Waals surface area contributed by atoms with Gasteiger partial charge in [0.25, 0.3) is 0 Å². The Labute approximate surface area is 232 Å². The summed E-state index contributed by atoms with van der Waals surface area (Å²) in [6.45, 7) is 10.8.